The molecule has 1 aliphatic carbocycles. The lowest BCUT2D eigenvalue weighted by Gasteiger charge is -2.04. The molecule has 2 rings (SSSR count). The zero-order valence-corrected chi connectivity index (χ0v) is 8.55. The number of aryl methyl sites for hydroxylation is 1. The van der Waals surface area contributed by atoms with Gasteiger partial charge in [-0.25, -0.2) is 0 Å². The normalized spacial score (nSPS) is 21.1. The van der Waals surface area contributed by atoms with Crippen molar-refractivity contribution in [1.82, 2.24) is 0 Å². The fourth-order valence-corrected chi connectivity index (χ4v) is 2.22. The summed E-state index contributed by atoms with van der Waals surface area (Å²) in [5.41, 5.74) is 2.38. The van der Waals surface area contributed by atoms with Crippen LogP contribution >= 0.6 is 34.8 Å². The van der Waals surface area contributed by atoms with E-state index in [9.17, 15) is 0 Å². The highest BCUT2D eigenvalue weighted by Crippen LogP contribution is 2.39. The summed E-state index contributed by atoms with van der Waals surface area (Å²) in [5, 5.41) is 1.35. The number of halogens is 3. The molecule has 0 spiro atoms. The van der Waals surface area contributed by atoms with Crippen LogP contribution in [0.1, 0.15) is 22.9 Å². The van der Waals surface area contributed by atoms with E-state index < -0.39 is 0 Å². The zero-order chi connectivity index (χ0) is 8.72. The maximum absolute atomic E-state index is 6.07. The van der Waals surface area contributed by atoms with Gasteiger partial charge in [-0.15, -0.1) is 11.6 Å². The molecule has 1 aromatic rings. The van der Waals surface area contributed by atoms with Crippen LogP contribution in [0, 0.1) is 0 Å². The van der Waals surface area contributed by atoms with Gasteiger partial charge in [0.1, 0.15) is 0 Å². The van der Waals surface area contributed by atoms with Crippen molar-refractivity contribution in [3.63, 3.8) is 0 Å². The molecule has 0 saturated heterocycles. The molecule has 12 heavy (non-hydrogen) atoms. The zero-order valence-electron chi connectivity index (χ0n) is 6.28. The monoisotopic (exact) mass is 220 g/mol. The van der Waals surface area contributed by atoms with Crippen LogP contribution in [0.5, 0.6) is 0 Å². The van der Waals surface area contributed by atoms with Gasteiger partial charge >= 0.3 is 0 Å². The Labute approximate surface area is 86.4 Å². The molecule has 0 aliphatic heterocycles. The van der Waals surface area contributed by atoms with Gasteiger partial charge in [0, 0.05) is 0 Å². The Morgan fingerprint density at radius 2 is 1.83 bits per heavy atom. The van der Waals surface area contributed by atoms with E-state index in [1.54, 1.807) is 0 Å². The molecule has 1 aromatic carbocycles. The third kappa shape index (κ3) is 1.32. The summed E-state index contributed by atoms with van der Waals surface area (Å²) >= 11 is 17.8. The van der Waals surface area contributed by atoms with E-state index in [-0.39, 0.29) is 5.38 Å². The van der Waals surface area contributed by atoms with E-state index in [0.29, 0.717) is 10.0 Å². The SMILES string of the molecule is Clc1cc2c(cc1Cl)C(Cl)CC2. The molecular weight excluding hydrogens is 214 g/mol. The average molecular weight is 222 g/mol. The molecule has 0 saturated carbocycles. The quantitative estimate of drug-likeness (QED) is 0.576. The molecule has 0 amide bonds. The Kier molecular flexibility index (Phi) is 2.24. The van der Waals surface area contributed by atoms with Gasteiger partial charge in [0.2, 0.25) is 0 Å². The lowest BCUT2D eigenvalue weighted by atomic mass is 10.1. The second-order valence-electron chi connectivity index (χ2n) is 2.97. The number of hydrogen-bond donors (Lipinski definition) is 0. The minimum Gasteiger partial charge on any atom is -0.118 e. The molecule has 0 aromatic heterocycles. The first-order chi connectivity index (χ1) is 5.68. The van der Waals surface area contributed by atoms with E-state index in [1.807, 2.05) is 12.1 Å². The Bertz CT molecular complexity index is 320. The van der Waals surface area contributed by atoms with Crippen LogP contribution in [0.15, 0.2) is 12.1 Å². The van der Waals surface area contributed by atoms with Crippen LogP contribution in [-0.4, -0.2) is 0 Å². The second kappa shape index (κ2) is 3.10. The Morgan fingerprint density at radius 3 is 2.58 bits per heavy atom. The summed E-state index contributed by atoms with van der Waals surface area (Å²) in [6, 6.07) is 3.80. The van der Waals surface area contributed by atoms with Gasteiger partial charge in [0.05, 0.1) is 15.4 Å². The lowest BCUT2D eigenvalue weighted by molar-refractivity contribution is 0.882. The van der Waals surface area contributed by atoms with Crippen molar-refractivity contribution in [2.75, 3.05) is 0 Å². The van der Waals surface area contributed by atoms with Gasteiger partial charge in [-0.05, 0) is 36.1 Å². The summed E-state index contributed by atoms with van der Waals surface area (Å²) in [6.45, 7) is 0. The molecule has 0 bridgehead atoms. The molecule has 0 nitrogen and oxygen atoms in total. The van der Waals surface area contributed by atoms with Gasteiger partial charge < -0.3 is 0 Å². The molecule has 3 heteroatoms. The number of benzene rings is 1. The molecule has 0 fully saturated rings. The van der Waals surface area contributed by atoms with Crippen molar-refractivity contribution in [1.29, 1.82) is 0 Å². The van der Waals surface area contributed by atoms with Gasteiger partial charge in [0.15, 0.2) is 0 Å². The van der Waals surface area contributed by atoms with E-state index >= 15 is 0 Å². The van der Waals surface area contributed by atoms with Crippen LogP contribution in [0.25, 0.3) is 0 Å². The first kappa shape index (κ1) is 8.68. The van der Waals surface area contributed by atoms with Crippen LogP contribution in [-0.2, 0) is 6.42 Å². The van der Waals surface area contributed by atoms with Gasteiger partial charge in [-0.3, -0.25) is 0 Å². The first-order valence-electron chi connectivity index (χ1n) is 3.80. The summed E-state index contributed by atoms with van der Waals surface area (Å²) in [7, 11) is 0. The molecular formula is C9H7Cl3. The highest BCUT2D eigenvalue weighted by molar-refractivity contribution is 6.42. The highest BCUT2D eigenvalue weighted by atomic mass is 35.5. The van der Waals surface area contributed by atoms with Crippen molar-refractivity contribution < 1.29 is 0 Å². The molecule has 1 atom stereocenters. The van der Waals surface area contributed by atoms with E-state index in [0.717, 1.165) is 18.4 Å². The number of hydrogen-bond acceptors (Lipinski definition) is 0. The predicted octanol–water partition coefficient (Wildman–Crippen LogP) is 4.22. The number of fused-ring (bicyclic) bond motifs is 1. The summed E-state index contributed by atoms with van der Waals surface area (Å²) in [6.07, 6.45) is 2.01. The van der Waals surface area contributed by atoms with Crippen molar-refractivity contribution >= 4 is 34.8 Å². The van der Waals surface area contributed by atoms with Crippen molar-refractivity contribution in [2.45, 2.75) is 18.2 Å². The van der Waals surface area contributed by atoms with Crippen molar-refractivity contribution in [2.24, 2.45) is 0 Å². The largest absolute Gasteiger partial charge is 0.118 e. The molecule has 0 N–H and O–H groups in total. The highest BCUT2D eigenvalue weighted by Gasteiger charge is 2.21. The van der Waals surface area contributed by atoms with Crippen LogP contribution in [0.2, 0.25) is 10.0 Å². The summed E-state index contributed by atoms with van der Waals surface area (Å²) < 4.78 is 0. The molecule has 0 heterocycles. The van der Waals surface area contributed by atoms with Crippen LogP contribution in [0.4, 0.5) is 0 Å². The first-order valence-corrected chi connectivity index (χ1v) is 4.99. The van der Waals surface area contributed by atoms with Crippen molar-refractivity contribution in [3.05, 3.63) is 33.3 Å². The Morgan fingerprint density at radius 1 is 1.17 bits per heavy atom. The van der Waals surface area contributed by atoms with Gasteiger partial charge in [0.25, 0.3) is 0 Å². The number of rotatable bonds is 0. The van der Waals surface area contributed by atoms with Crippen molar-refractivity contribution in [3.8, 4) is 0 Å². The topological polar surface area (TPSA) is 0 Å². The summed E-state index contributed by atoms with van der Waals surface area (Å²) in [5.74, 6) is 0. The number of alkyl halides is 1. The standard InChI is InChI=1S/C9H7Cl3/c10-7-2-1-5-3-8(11)9(12)4-6(5)7/h3-4,7H,1-2H2. The van der Waals surface area contributed by atoms with E-state index in [4.69, 9.17) is 34.8 Å². The Hall–Kier alpha value is 0.0900. The third-order valence-electron chi connectivity index (χ3n) is 2.19. The minimum atomic E-state index is 0.120. The van der Waals surface area contributed by atoms with Gasteiger partial charge in [-0.2, -0.15) is 0 Å². The maximum atomic E-state index is 6.07. The predicted molar refractivity (Wildman–Crippen MR) is 53.4 cm³/mol. The molecule has 0 radical (unpaired) electrons. The average Bonchev–Trinajstić information content (AvgIpc) is 2.35. The second-order valence-corrected chi connectivity index (χ2v) is 4.31. The van der Waals surface area contributed by atoms with Gasteiger partial charge in [-0.1, -0.05) is 23.2 Å². The van der Waals surface area contributed by atoms with Crippen LogP contribution in [0.3, 0.4) is 0 Å². The molecule has 1 aliphatic rings. The van der Waals surface area contributed by atoms with E-state index in [1.165, 1.54) is 5.56 Å². The van der Waals surface area contributed by atoms with E-state index in [2.05, 4.69) is 0 Å². The molecule has 64 valence electrons. The fourth-order valence-electron chi connectivity index (χ4n) is 1.55. The molecule has 1 unspecified atom stereocenters. The van der Waals surface area contributed by atoms with Crippen LogP contribution < -0.4 is 0 Å². The lowest BCUT2D eigenvalue weighted by Crippen LogP contribution is -1.84. The maximum Gasteiger partial charge on any atom is 0.0595 e. The Balaban J connectivity index is 2.56. The summed E-state index contributed by atoms with van der Waals surface area (Å²) in [4.78, 5) is 0. The smallest absolute Gasteiger partial charge is 0.0595 e. The third-order valence-corrected chi connectivity index (χ3v) is 3.36. The fraction of sp³-hybridized carbons (Fsp3) is 0.333. The minimum absolute atomic E-state index is 0.120.